The van der Waals surface area contributed by atoms with Crippen molar-refractivity contribution in [3.05, 3.63) is 10.9 Å². The molecule has 6 heteroatoms. The minimum Gasteiger partial charge on any atom is -0.375 e. The highest BCUT2D eigenvalue weighted by molar-refractivity contribution is 7.18. The molecule has 1 saturated heterocycles. The number of fused-ring (bicyclic) bond motifs is 1. The molecule has 3 rings (SSSR count). The van der Waals surface area contributed by atoms with Gasteiger partial charge in [-0.3, -0.25) is 0 Å². The zero-order valence-electron chi connectivity index (χ0n) is 13.0. The van der Waals surface area contributed by atoms with Crippen molar-refractivity contribution in [3.8, 4) is 0 Å². The van der Waals surface area contributed by atoms with E-state index in [1.165, 1.54) is 4.88 Å². The first-order valence-corrected chi connectivity index (χ1v) is 8.28. The fourth-order valence-corrected chi connectivity index (χ4v) is 3.67. The van der Waals surface area contributed by atoms with Gasteiger partial charge in [-0.05, 0) is 26.3 Å². The number of nitrogens with one attached hydrogen (secondary N) is 1. The lowest BCUT2D eigenvalue weighted by atomic mass is 10.1. The third-order valence-corrected chi connectivity index (χ3v) is 4.87. The van der Waals surface area contributed by atoms with Gasteiger partial charge in [0, 0.05) is 18.5 Å². The lowest BCUT2D eigenvalue weighted by Gasteiger charge is -2.39. The maximum atomic E-state index is 5.81. The van der Waals surface area contributed by atoms with Crippen LogP contribution in [0.1, 0.15) is 25.1 Å². The van der Waals surface area contributed by atoms with Crippen molar-refractivity contribution in [2.75, 3.05) is 30.4 Å². The van der Waals surface area contributed by atoms with Gasteiger partial charge in [0.15, 0.2) is 0 Å². The molecule has 1 N–H and O–H groups in total. The SMILES string of the molecule is CCC1COC(C)CN1c1nc(NC)nc2sc(C)cc12. The van der Waals surface area contributed by atoms with Crippen molar-refractivity contribution < 1.29 is 4.74 Å². The molecule has 1 aliphatic heterocycles. The normalized spacial score (nSPS) is 22.8. The van der Waals surface area contributed by atoms with Gasteiger partial charge in [-0.25, -0.2) is 4.98 Å². The molecule has 1 aliphatic rings. The highest BCUT2D eigenvalue weighted by atomic mass is 32.1. The number of hydrogen-bond donors (Lipinski definition) is 1. The van der Waals surface area contributed by atoms with E-state index >= 15 is 0 Å². The van der Waals surface area contributed by atoms with Crippen LogP contribution in [0.2, 0.25) is 0 Å². The van der Waals surface area contributed by atoms with E-state index in [-0.39, 0.29) is 6.10 Å². The number of nitrogens with zero attached hydrogens (tertiary/aromatic N) is 3. The van der Waals surface area contributed by atoms with E-state index in [4.69, 9.17) is 9.72 Å². The number of thiophene rings is 1. The molecule has 2 aromatic rings. The molecule has 2 atom stereocenters. The summed E-state index contributed by atoms with van der Waals surface area (Å²) in [4.78, 5) is 14.0. The van der Waals surface area contributed by atoms with Crippen molar-refractivity contribution in [3.63, 3.8) is 0 Å². The molecule has 5 nitrogen and oxygen atoms in total. The van der Waals surface area contributed by atoms with Crippen LogP contribution in [0.4, 0.5) is 11.8 Å². The Morgan fingerprint density at radius 1 is 1.48 bits per heavy atom. The predicted octanol–water partition coefficient (Wildman–Crippen LogP) is 3.05. The Bertz CT molecular complexity index is 642. The van der Waals surface area contributed by atoms with Crippen LogP contribution in [-0.4, -0.2) is 42.3 Å². The number of aryl methyl sites for hydroxylation is 1. The molecule has 2 aromatic heterocycles. The number of anilines is 2. The van der Waals surface area contributed by atoms with Crippen LogP contribution in [-0.2, 0) is 4.74 Å². The second-order valence-corrected chi connectivity index (χ2v) is 6.79. The maximum absolute atomic E-state index is 5.81. The van der Waals surface area contributed by atoms with Gasteiger partial charge in [0.1, 0.15) is 10.6 Å². The number of rotatable bonds is 3. The van der Waals surface area contributed by atoms with Crippen LogP contribution in [0, 0.1) is 6.92 Å². The third-order valence-electron chi connectivity index (χ3n) is 3.93. The zero-order valence-corrected chi connectivity index (χ0v) is 13.8. The molecule has 0 radical (unpaired) electrons. The third kappa shape index (κ3) is 2.70. The number of ether oxygens (including phenoxy) is 1. The molecule has 1 fully saturated rings. The first-order valence-electron chi connectivity index (χ1n) is 7.46. The van der Waals surface area contributed by atoms with Crippen LogP contribution >= 0.6 is 11.3 Å². The first kappa shape index (κ1) is 14.5. The molecule has 21 heavy (non-hydrogen) atoms. The average Bonchev–Trinajstić information content (AvgIpc) is 2.86. The van der Waals surface area contributed by atoms with Crippen molar-refractivity contribution in [1.29, 1.82) is 0 Å². The molecular formula is C15H22N4OS. The van der Waals surface area contributed by atoms with Gasteiger partial charge in [0.25, 0.3) is 0 Å². The van der Waals surface area contributed by atoms with Gasteiger partial charge >= 0.3 is 0 Å². The average molecular weight is 306 g/mol. The number of morpholine rings is 1. The van der Waals surface area contributed by atoms with Gasteiger partial charge in [0.05, 0.1) is 24.1 Å². The monoisotopic (exact) mass is 306 g/mol. The molecule has 0 spiro atoms. The van der Waals surface area contributed by atoms with E-state index < -0.39 is 0 Å². The standard InChI is InChI=1S/C15H22N4OS/c1-5-11-8-20-9(2)7-19(11)13-12-6-10(3)21-14(12)18-15(16-4)17-13/h6,9,11H,5,7-8H2,1-4H3,(H,16,17,18). The minimum atomic E-state index is 0.232. The number of hydrogen-bond acceptors (Lipinski definition) is 6. The molecule has 0 amide bonds. The largest absolute Gasteiger partial charge is 0.375 e. The van der Waals surface area contributed by atoms with Crippen LogP contribution in [0.3, 0.4) is 0 Å². The highest BCUT2D eigenvalue weighted by Gasteiger charge is 2.28. The van der Waals surface area contributed by atoms with Gasteiger partial charge in [-0.15, -0.1) is 11.3 Å². The van der Waals surface area contributed by atoms with Crippen molar-refractivity contribution in [2.24, 2.45) is 0 Å². The summed E-state index contributed by atoms with van der Waals surface area (Å²) in [6, 6.07) is 2.57. The molecular weight excluding hydrogens is 284 g/mol. The Labute approximate surface area is 129 Å². The lowest BCUT2D eigenvalue weighted by Crippen LogP contribution is -2.49. The predicted molar refractivity (Wildman–Crippen MR) is 88.5 cm³/mol. The van der Waals surface area contributed by atoms with E-state index in [2.05, 4.69) is 42.0 Å². The Morgan fingerprint density at radius 2 is 2.29 bits per heavy atom. The van der Waals surface area contributed by atoms with Gasteiger partial charge < -0.3 is 15.0 Å². The van der Waals surface area contributed by atoms with Crippen LogP contribution in [0.25, 0.3) is 10.2 Å². The summed E-state index contributed by atoms with van der Waals surface area (Å²) < 4.78 is 5.81. The van der Waals surface area contributed by atoms with Gasteiger partial charge in [0.2, 0.25) is 5.95 Å². The smallest absolute Gasteiger partial charge is 0.225 e. The molecule has 0 saturated carbocycles. The summed E-state index contributed by atoms with van der Waals surface area (Å²) in [5.74, 6) is 1.73. The minimum absolute atomic E-state index is 0.232. The summed E-state index contributed by atoms with van der Waals surface area (Å²) >= 11 is 1.72. The molecule has 0 bridgehead atoms. The van der Waals surface area contributed by atoms with E-state index in [0.29, 0.717) is 12.0 Å². The summed E-state index contributed by atoms with van der Waals surface area (Å²) in [7, 11) is 1.87. The van der Waals surface area contributed by atoms with Crippen molar-refractivity contribution in [1.82, 2.24) is 9.97 Å². The second kappa shape index (κ2) is 5.77. The van der Waals surface area contributed by atoms with E-state index in [9.17, 15) is 0 Å². The van der Waals surface area contributed by atoms with Crippen molar-refractivity contribution >= 4 is 33.3 Å². The molecule has 0 aromatic carbocycles. The molecule has 0 aliphatic carbocycles. The summed E-state index contributed by atoms with van der Waals surface area (Å²) in [5, 5.41) is 4.23. The fourth-order valence-electron chi connectivity index (χ4n) is 2.80. The topological polar surface area (TPSA) is 50.3 Å². The van der Waals surface area contributed by atoms with Crippen LogP contribution in [0.5, 0.6) is 0 Å². The Hall–Kier alpha value is -1.40. The van der Waals surface area contributed by atoms with E-state index in [1.54, 1.807) is 11.3 Å². The second-order valence-electron chi connectivity index (χ2n) is 5.56. The van der Waals surface area contributed by atoms with E-state index in [0.717, 1.165) is 35.6 Å². The Morgan fingerprint density at radius 3 is 3.00 bits per heavy atom. The van der Waals surface area contributed by atoms with Gasteiger partial charge in [-0.1, -0.05) is 6.92 Å². The quantitative estimate of drug-likeness (QED) is 0.944. The van der Waals surface area contributed by atoms with Crippen molar-refractivity contribution in [2.45, 2.75) is 39.3 Å². The highest BCUT2D eigenvalue weighted by Crippen LogP contribution is 2.34. The van der Waals surface area contributed by atoms with Crippen LogP contribution < -0.4 is 10.2 Å². The summed E-state index contributed by atoms with van der Waals surface area (Å²) in [6.45, 7) is 8.08. The molecule has 3 heterocycles. The lowest BCUT2D eigenvalue weighted by molar-refractivity contribution is 0.0297. The maximum Gasteiger partial charge on any atom is 0.225 e. The number of aromatic nitrogens is 2. The first-order chi connectivity index (χ1) is 10.1. The Kier molecular flexibility index (Phi) is 3.99. The van der Waals surface area contributed by atoms with E-state index in [1.807, 2.05) is 7.05 Å². The summed E-state index contributed by atoms with van der Waals surface area (Å²) in [6.07, 6.45) is 1.28. The van der Waals surface area contributed by atoms with Gasteiger partial charge in [-0.2, -0.15) is 4.98 Å². The summed E-state index contributed by atoms with van der Waals surface area (Å²) in [5.41, 5.74) is 0. The molecule has 2 unspecified atom stereocenters. The zero-order chi connectivity index (χ0) is 15.0. The van der Waals surface area contributed by atoms with Crippen LogP contribution in [0.15, 0.2) is 6.07 Å². The molecule has 114 valence electrons. The Balaban J connectivity index is 2.12. The fraction of sp³-hybridized carbons (Fsp3) is 0.600.